The van der Waals surface area contributed by atoms with Crippen LogP contribution < -0.4 is 5.32 Å². The highest BCUT2D eigenvalue weighted by Crippen LogP contribution is 2.29. The van der Waals surface area contributed by atoms with Crippen molar-refractivity contribution in [3.05, 3.63) is 23.9 Å². The van der Waals surface area contributed by atoms with Gasteiger partial charge in [-0.2, -0.15) is 13.2 Å². The third-order valence-electron chi connectivity index (χ3n) is 3.75. The number of aromatic nitrogens is 1. The van der Waals surface area contributed by atoms with Crippen molar-refractivity contribution in [2.24, 2.45) is 0 Å². The van der Waals surface area contributed by atoms with E-state index in [1.54, 1.807) is 0 Å². The molecule has 0 saturated carbocycles. The summed E-state index contributed by atoms with van der Waals surface area (Å²) in [6.45, 7) is 2.23. The number of rotatable bonds is 5. The molecule has 0 bridgehead atoms. The molecule has 1 fully saturated rings. The van der Waals surface area contributed by atoms with Gasteiger partial charge in [-0.1, -0.05) is 6.42 Å². The van der Waals surface area contributed by atoms with Crippen molar-refractivity contribution in [1.82, 2.24) is 9.88 Å². The number of piperidine rings is 1. The van der Waals surface area contributed by atoms with Gasteiger partial charge in [0.05, 0.1) is 12.2 Å². The van der Waals surface area contributed by atoms with E-state index in [0.717, 1.165) is 44.1 Å². The summed E-state index contributed by atoms with van der Waals surface area (Å²) in [6.07, 6.45) is -0.0161. The number of pyridine rings is 1. The summed E-state index contributed by atoms with van der Waals surface area (Å²) in [4.78, 5) is 6.07. The van der Waals surface area contributed by atoms with Crippen molar-refractivity contribution in [3.63, 3.8) is 0 Å². The van der Waals surface area contributed by atoms with Crippen molar-refractivity contribution in [3.8, 4) is 0 Å². The minimum atomic E-state index is -4.35. The van der Waals surface area contributed by atoms with Crippen LogP contribution >= 0.6 is 0 Å². The standard InChI is InChI=1S/C14H20F3N3O/c15-14(16,17)11-4-5-18-13(9-11)19-6-8-20-7-2-1-3-12(20)10-21/h4-5,9,12,21H,1-3,6-8,10H2,(H,18,19). The van der Waals surface area contributed by atoms with Crippen molar-refractivity contribution in [2.45, 2.75) is 31.5 Å². The fourth-order valence-corrected chi connectivity index (χ4v) is 2.59. The third kappa shape index (κ3) is 4.57. The molecule has 0 aliphatic carbocycles. The van der Waals surface area contributed by atoms with Gasteiger partial charge in [-0.25, -0.2) is 4.98 Å². The van der Waals surface area contributed by atoms with Crippen molar-refractivity contribution in [2.75, 3.05) is 31.6 Å². The van der Waals surface area contributed by atoms with Gasteiger partial charge in [-0.3, -0.25) is 4.90 Å². The van der Waals surface area contributed by atoms with E-state index in [-0.39, 0.29) is 18.5 Å². The number of nitrogens with one attached hydrogen (secondary N) is 1. The Kier molecular flexibility index (Phi) is 5.41. The Morgan fingerprint density at radius 2 is 2.19 bits per heavy atom. The lowest BCUT2D eigenvalue weighted by molar-refractivity contribution is -0.137. The van der Waals surface area contributed by atoms with E-state index in [9.17, 15) is 18.3 Å². The second-order valence-corrected chi connectivity index (χ2v) is 5.22. The molecule has 1 aromatic rings. The van der Waals surface area contributed by atoms with Crippen molar-refractivity contribution < 1.29 is 18.3 Å². The molecule has 4 nitrogen and oxygen atoms in total. The smallest absolute Gasteiger partial charge is 0.395 e. The van der Waals surface area contributed by atoms with Crippen LogP contribution in [0.25, 0.3) is 0 Å². The summed E-state index contributed by atoms with van der Waals surface area (Å²) in [5, 5.41) is 12.2. The average molecular weight is 303 g/mol. The highest BCUT2D eigenvalue weighted by molar-refractivity contribution is 5.38. The van der Waals surface area contributed by atoms with E-state index in [0.29, 0.717) is 13.1 Å². The summed E-state index contributed by atoms with van der Waals surface area (Å²) in [7, 11) is 0. The highest BCUT2D eigenvalue weighted by Gasteiger charge is 2.30. The van der Waals surface area contributed by atoms with Crippen LogP contribution in [-0.4, -0.2) is 47.3 Å². The second kappa shape index (κ2) is 7.09. The monoisotopic (exact) mass is 303 g/mol. The first-order valence-electron chi connectivity index (χ1n) is 7.13. The zero-order chi connectivity index (χ0) is 15.3. The molecule has 118 valence electrons. The SMILES string of the molecule is OCC1CCCCN1CCNc1cc(C(F)(F)F)ccn1. The quantitative estimate of drug-likeness (QED) is 0.877. The normalized spacial score (nSPS) is 20.5. The van der Waals surface area contributed by atoms with Crippen molar-refractivity contribution >= 4 is 5.82 Å². The van der Waals surface area contributed by atoms with Gasteiger partial charge in [0, 0.05) is 25.3 Å². The number of nitrogens with zero attached hydrogens (tertiary/aromatic N) is 2. The van der Waals surface area contributed by atoms with E-state index in [4.69, 9.17) is 0 Å². The zero-order valence-electron chi connectivity index (χ0n) is 11.7. The van der Waals surface area contributed by atoms with Crippen LogP contribution in [0.15, 0.2) is 18.3 Å². The molecule has 0 spiro atoms. The molecule has 1 unspecified atom stereocenters. The number of aliphatic hydroxyl groups excluding tert-OH is 1. The van der Waals surface area contributed by atoms with Crippen LogP contribution in [0.1, 0.15) is 24.8 Å². The molecule has 1 saturated heterocycles. The first-order valence-corrected chi connectivity index (χ1v) is 7.13. The topological polar surface area (TPSA) is 48.4 Å². The summed E-state index contributed by atoms with van der Waals surface area (Å²) >= 11 is 0. The highest BCUT2D eigenvalue weighted by atomic mass is 19.4. The van der Waals surface area contributed by atoms with Crippen LogP contribution in [0.4, 0.5) is 19.0 Å². The summed E-state index contributed by atoms with van der Waals surface area (Å²) < 4.78 is 37.8. The van der Waals surface area contributed by atoms with Gasteiger partial charge in [0.25, 0.3) is 0 Å². The Bertz CT molecular complexity index is 453. The number of anilines is 1. The van der Waals surface area contributed by atoms with E-state index in [1.165, 1.54) is 0 Å². The largest absolute Gasteiger partial charge is 0.416 e. The lowest BCUT2D eigenvalue weighted by atomic mass is 10.0. The first-order chi connectivity index (χ1) is 10.0. The van der Waals surface area contributed by atoms with Gasteiger partial charge in [0.1, 0.15) is 5.82 Å². The van der Waals surface area contributed by atoms with Crippen molar-refractivity contribution in [1.29, 1.82) is 0 Å². The Balaban J connectivity index is 1.85. The molecule has 1 aromatic heterocycles. The maximum absolute atomic E-state index is 12.6. The van der Waals surface area contributed by atoms with E-state index in [1.807, 2.05) is 0 Å². The molecule has 0 amide bonds. The maximum Gasteiger partial charge on any atom is 0.416 e. The fraction of sp³-hybridized carbons (Fsp3) is 0.643. The molecule has 2 N–H and O–H groups in total. The molecule has 1 aliphatic heterocycles. The number of hydrogen-bond acceptors (Lipinski definition) is 4. The maximum atomic E-state index is 12.6. The van der Waals surface area contributed by atoms with Crippen LogP contribution in [-0.2, 0) is 6.18 Å². The first kappa shape index (κ1) is 16.0. The number of alkyl halides is 3. The Hall–Kier alpha value is -1.34. The summed E-state index contributed by atoms with van der Waals surface area (Å²) in [5.41, 5.74) is -0.703. The van der Waals surface area contributed by atoms with Crippen LogP contribution in [0.2, 0.25) is 0 Å². The van der Waals surface area contributed by atoms with Gasteiger partial charge in [0.2, 0.25) is 0 Å². The zero-order valence-corrected chi connectivity index (χ0v) is 11.7. The predicted octanol–water partition coefficient (Wildman–Crippen LogP) is 2.36. The lowest BCUT2D eigenvalue weighted by Gasteiger charge is -2.34. The third-order valence-corrected chi connectivity index (χ3v) is 3.75. The van der Waals surface area contributed by atoms with Crippen LogP contribution in [0, 0.1) is 0 Å². The van der Waals surface area contributed by atoms with Gasteiger partial charge in [-0.15, -0.1) is 0 Å². The predicted molar refractivity (Wildman–Crippen MR) is 74.0 cm³/mol. The Morgan fingerprint density at radius 3 is 2.90 bits per heavy atom. The number of likely N-dealkylation sites (tertiary alicyclic amines) is 1. The van der Waals surface area contributed by atoms with E-state index >= 15 is 0 Å². The molecular weight excluding hydrogens is 283 g/mol. The Labute approximate surface area is 122 Å². The molecule has 7 heteroatoms. The summed E-state index contributed by atoms with van der Waals surface area (Å²) in [6, 6.07) is 2.13. The molecule has 1 atom stereocenters. The molecule has 2 heterocycles. The van der Waals surface area contributed by atoms with Crippen LogP contribution in [0.5, 0.6) is 0 Å². The second-order valence-electron chi connectivity index (χ2n) is 5.22. The average Bonchev–Trinajstić information content (AvgIpc) is 2.47. The van der Waals surface area contributed by atoms with Crippen LogP contribution in [0.3, 0.4) is 0 Å². The minimum Gasteiger partial charge on any atom is -0.395 e. The number of halogens is 3. The lowest BCUT2D eigenvalue weighted by Crippen LogP contribution is -2.44. The number of hydrogen-bond donors (Lipinski definition) is 2. The Morgan fingerprint density at radius 1 is 1.38 bits per heavy atom. The minimum absolute atomic E-state index is 0.127. The molecule has 21 heavy (non-hydrogen) atoms. The van der Waals surface area contributed by atoms with E-state index < -0.39 is 11.7 Å². The molecule has 0 aromatic carbocycles. The van der Waals surface area contributed by atoms with E-state index in [2.05, 4.69) is 15.2 Å². The summed E-state index contributed by atoms with van der Waals surface area (Å²) in [5.74, 6) is 0.224. The number of aliphatic hydroxyl groups is 1. The molecular formula is C14H20F3N3O. The molecule has 1 aliphatic rings. The molecule has 2 rings (SSSR count). The van der Waals surface area contributed by atoms with Gasteiger partial charge in [0.15, 0.2) is 0 Å². The van der Waals surface area contributed by atoms with Gasteiger partial charge in [-0.05, 0) is 31.5 Å². The van der Waals surface area contributed by atoms with Gasteiger partial charge >= 0.3 is 6.18 Å². The molecule has 0 radical (unpaired) electrons. The van der Waals surface area contributed by atoms with Gasteiger partial charge < -0.3 is 10.4 Å². The fourth-order valence-electron chi connectivity index (χ4n) is 2.59.